The minimum Gasteiger partial charge on any atom is -0.480 e. The highest BCUT2D eigenvalue weighted by atomic mass is 16.6. The van der Waals surface area contributed by atoms with Gasteiger partial charge in [0.1, 0.15) is 11.5 Å². The first-order valence-electron chi connectivity index (χ1n) is 15.1. The van der Waals surface area contributed by atoms with E-state index in [-0.39, 0.29) is 24.4 Å². The molecule has 0 aromatic heterocycles. The van der Waals surface area contributed by atoms with Crippen LogP contribution in [0.25, 0.3) is 0 Å². The molecule has 0 radical (unpaired) electrons. The van der Waals surface area contributed by atoms with Gasteiger partial charge in [0, 0.05) is 0 Å². The number of carboxylic acids is 1. The summed E-state index contributed by atoms with van der Waals surface area (Å²) in [6.07, 6.45) is 21.2. The monoisotopic (exact) mass is 509 g/mol. The lowest BCUT2D eigenvalue weighted by Gasteiger charge is -2.41. The Balaban J connectivity index is 2.39. The van der Waals surface area contributed by atoms with Crippen molar-refractivity contribution in [3.05, 3.63) is 0 Å². The predicted octanol–water partition coefficient (Wildman–Crippen LogP) is 7.56. The van der Waals surface area contributed by atoms with Crippen LogP contribution >= 0.6 is 0 Å². The number of aliphatic carboxylic acids is 1. The summed E-state index contributed by atoms with van der Waals surface area (Å²) in [6, 6.07) is 0. The van der Waals surface area contributed by atoms with E-state index in [9.17, 15) is 19.5 Å². The first-order chi connectivity index (χ1) is 17.3. The number of cyclic esters (lactones) is 1. The normalized spacial score (nSPS) is 19.8. The third kappa shape index (κ3) is 10.4. The Bertz CT molecular complexity index is 621. The molecule has 1 unspecified atom stereocenters. The number of amides is 1. The summed E-state index contributed by atoms with van der Waals surface area (Å²) in [6.45, 7) is 6.07. The van der Waals surface area contributed by atoms with E-state index in [2.05, 4.69) is 6.92 Å². The first-order valence-corrected chi connectivity index (χ1v) is 15.1. The summed E-state index contributed by atoms with van der Waals surface area (Å²) in [5, 5.41) is 10.1. The second kappa shape index (κ2) is 18.6. The number of primary amides is 1. The molecular weight excluding hydrogens is 454 g/mol. The van der Waals surface area contributed by atoms with Gasteiger partial charge in [-0.25, -0.2) is 0 Å². The zero-order chi connectivity index (χ0) is 26.8. The van der Waals surface area contributed by atoms with Crippen LogP contribution in [-0.2, 0) is 19.1 Å². The van der Waals surface area contributed by atoms with E-state index in [1.807, 2.05) is 13.8 Å². The van der Waals surface area contributed by atoms with Gasteiger partial charge in [-0.05, 0) is 31.6 Å². The van der Waals surface area contributed by atoms with Gasteiger partial charge in [-0.2, -0.15) is 0 Å². The number of carbonyl (C=O) groups is 3. The fourth-order valence-electron chi connectivity index (χ4n) is 5.96. The van der Waals surface area contributed by atoms with Crippen molar-refractivity contribution in [2.24, 2.45) is 23.0 Å². The largest absolute Gasteiger partial charge is 0.480 e. The highest BCUT2D eigenvalue weighted by molar-refractivity contribution is 6.01. The van der Waals surface area contributed by atoms with Crippen LogP contribution in [0.3, 0.4) is 0 Å². The molecule has 210 valence electrons. The Morgan fingerprint density at radius 2 is 1.31 bits per heavy atom. The number of unbranched alkanes of at least 4 members (excludes halogenated alkanes) is 14. The summed E-state index contributed by atoms with van der Waals surface area (Å²) < 4.78 is 5.35. The van der Waals surface area contributed by atoms with Crippen molar-refractivity contribution in [2.45, 2.75) is 155 Å². The van der Waals surface area contributed by atoms with Gasteiger partial charge in [0.15, 0.2) is 0 Å². The van der Waals surface area contributed by atoms with Crippen LogP contribution in [0.5, 0.6) is 0 Å². The number of nitrogens with two attached hydrogens (primary N) is 1. The SMILES string of the molecule is CCCCCCCCCCCCCCCCCC(C[C@@H]1OC(=O)[C@H]1CC)[C@@](CCC)(C(N)=O)C(=O)O. The number of hydrogen-bond acceptors (Lipinski definition) is 4. The average molecular weight is 510 g/mol. The van der Waals surface area contributed by atoms with E-state index in [4.69, 9.17) is 10.5 Å². The highest BCUT2D eigenvalue weighted by Crippen LogP contribution is 2.43. The summed E-state index contributed by atoms with van der Waals surface area (Å²) in [5.41, 5.74) is 4.13. The number of rotatable bonds is 24. The summed E-state index contributed by atoms with van der Waals surface area (Å²) in [5.74, 6) is -2.73. The summed E-state index contributed by atoms with van der Waals surface area (Å²) in [7, 11) is 0. The standard InChI is InChI=1S/C30H55NO5/c1-4-7-8-9-10-11-12-13-14-15-16-17-18-19-20-21-24(23-26-25(6-3)27(32)36-26)30(22-5-2,28(31)33)29(34)35/h24-26H,4-23H2,1-3H3,(H2,31,33)(H,34,35)/t24?,25-,26-,30-/m0/s1. The zero-order valence-electron chi connectivity index (χ0n) is 23.5. The van der Waals surface area contributed by atoms with Crippen molar-refractivity contribution < 1.29 is 24.2 Å². The Morgan fingerprint density at radius 1 is 0.833 bits per heavy atom. The number of esters is 1. The molecule has 4 atom stereocenters. The van der Waals surface area contributed by atoms with Gasteiger partial charge in [0.25, 0.3) is 0 Å². The molecule has 1 heterocycles. The van der Waals surface area contributed by atoms with Crippen molar-refractivity contribution in [2.75, 3.05) is 0 Å². The Morgan fingerprint density at radius 3 is 1.67 bits per heavy atom. The lowest BCUT2D eigenvalue weighted by atomic mass is 9.66. The molecule has 0 aromatic carbocycles. The fourth-order valence-corrected chi connectivity index (χ4v) is 5.96. The van der Waals surface area contributed by atoms with E-state index < -0.39 is 23.2 Å². The van der Waals surface area contributed by atoms with Crippen molar-refractivity contribution in [3.63, 3.8) is 0 Å². The first kappa shape index (κ1) is 32.4. The maximum Gasteiger partial charge on any atom is 0.319 e. The highest BCUT2D eigenvalue weighted by Gasteiger charge is 2.53. The quantitative estimate of drug-likeness (QED) is 0.0793. The van der Waals surface area contributed by atoms with Gasteiger partial charge >= 0.3 is 11.9 Å². The van der Waals surface area contributed by atoms with Gasteiger partial charge in [0.2, 0.25) is 5.91 Å². The predicted molar refractivity (Wildman–Crippen MR) is 145 cm³/mol. The second-order valence-electron chi connectivity index (χ2n) is 11.1. The van der Waals surface area contributed by atoms with Gasteiger partial charge in [-0.1, -0.05) is 124 Å². The van der Waals surface area contributed by atoms with E-state index >= 15 is 0 Å². The molecular formula is C30H55NO5. The number of hydrogen-bond donors (Lipinski definition) is 2. The molecule has 6 heteroatoms. The van der Waals surface area contributed by atoms with Crippen LogP contribution < -0.4 is 5.73 Å². The van der Waals surface area contributed by atoms with Gasteiger partial charge < -0.3 is 15.6 Å². The van der Waals surface area contributed by atoms with Crippen molar-refractivity contribution in [1.29, 1.82) is 0 Å². The third-order valence-electron chi connectivity index (χ3n) is 8.29. The van der Waals surface area contributed by atoms with E-state index in [0.29, 0.717) is 25.7 Å². The molecule has 0 spiro atoms. The smallest absolute Gasteiger partial charge is 0.319 e. The van der Waals surface area contributed by atoms with Crippen LogP contribution in [-0.4, -0.2) is 29.1 Å². The van der Waals surface area contributed by atoms with E-state index in [0.717, 1.165) is 19.3 Å². The van der Waals surface area contributed by atoms with Crippen LogP contribution in [0, 0.1) is 17.3 Å². The zero-order valence-corrected chi connectivity index (χ0v) is 23.5. The minimum absolute atomic E-state index is 0.199. The Labute approximate surface area is 220 Å². The lowest BCUT2D eigenvalue weighted by Crippen LogP contribution is -2.53. The third-order valence-corrected chi connectivity index (χ3v) is 8.29. The average Bonchev–Trinajstić information content (AvgIpc) is 2.83. The van der Waals surface area contributed by atoms with Crippen LogP contribution in [0.1, 0.15) is 149 Å². The summed E-state index contributed by atoms with van der Waals surface area (Å²) in [4.78, 5) is 36.6. The molecule has 1 aliphatic rings. The molecule has 0 saturated carbocycles. The van der Waals surface area contributed by atoms with Crippen LogP contribution in [0.15, 0.2) is 0 Å². The molecule has 1 aliphatic heterocycles. The molecule has 1 fully saturated rings. The van der Waals surface area contributed by atoms with Gasteiger partial charge in [-0.3, -0.25) is 14.4 Å². The maximum absolute atomic E-state index is 12.5. The van der Waals surface area contributed by atoms with E-state index in [1.54, 1.807) is 0 Å². The Kier molecular flexibility index (Phi) is 16.8. The molecule has 36 heavy (non-hydrogen) atoms. The molecule has 0 aliphatic carbocycles. The number of carboxylic acid groups (broad SMARTS) is 1. The number of carbonyl (C=O) groups excluding carboxylic acids is 2. The molecule has 1 amide bonds. The van der Waals surface area contributed by atoms with Crippen LogP contribution in [0.4, 0.5) is 0 Å². The van der Waals surface area contributed by atoms with E-state index in [1.165, 1.54) is 77.0 Å². The fraction of sp³-hybridized carbons (Fsp3) is 0.900. The van der Waals surface area contributed by atoms with Gasteiger partial charge in [-0.15, -0.1) is 0 Å². The Hall–Kier alpha value is -1.59. The molecule has 0 bridgehead atoms. The maximum atomic E-state index is 12.5. The van der Waals surface area contributed by atoms with Crippen molar-refractivity contribution >= 4 is 17.8 Å². The lowest BCUT2D eigenvalue weighted by molar-refractivity contribution is -0.189. The topological polar surface area (TPSA) is 107 Å². The van der Waals surface area contributed by atoms with Gasteiger partial charge in [0.05, 0.1) is 5.92 Å². The van der Waals surface area contributed by atoms with Crippen molar-refractivity contribution in [3.8, 4) is 0 Å². The van der Waals surface area contributed by atoms with Crippen molar-refractivity contribution in [1.82, 2.24) is 0 Å². The molecule has 1 rings (SSSR count). The minimum atomic E-state index is -1.59. The van der Waals surface area contributed by atoms with Crippen LogP contribution in [0.2, 0.25) is 0 Å². The molecule has 0 aromatic rings. The summed E-state index contributed by atoms with van der Waals surface area (Å²) >= 11 is 0. The molecule has 6 nitrogen and oxygen atoms in total. The molecule has 3 N–H and O–H groups in total. The number of ether oxygens (including phenoxy) is 1. The second-order valence-corrected chi connectivity index (χ2v) is 11.1. The molecule has 1 saturated heterocycles.